The fourth-order valence-corrected chi connectivity index (χ4v) is 20.7. The number of benzene rings is 4. The molecular formula is C93H120N16O8S4. The number of ether oxygens (including phenoxy) is 4. The fourth-order valence-electron chi connectivity index (χ4n) is 17.0. The van der Waals surface area contributed by atoms with Crippen molar-refractivity contribution in [3.8, 4) is 0 Å². The zero-order valence-corrected chi connectivity index (χ0v) is 74.6. The maximum Gasteiger partial charge on any atom is 0.186 e. The summed E-state index contributed by atoms with van der Waals surface area (Å²) < 4.78 is 22.1. The van der Waals surface area contributed by atoms with Gasteiger partial charge in [0.15, 0.2) is 43.7 Å². The largest absolute Gasteiger partial charge is 0.385 e. The van der Waals surface area contributed by atoms with E-state index in [2.05, 4.69) is 205 Å². The van der Waals surface area contributed by atoms with Crippen molar-refractivity contribution in [3.05, 3.63) is 188 Å². The number of aromatic nitrogens is 8. The van der Waals surface area contributed by atoms with Crippen LogP contribution in [0.25, 0.3) is 43.6 Å². The number of thiazole rings is 4. The van der Waals surface area contributed by atoms with Crippen molar-refractivity contribution in [2.75, 3.05) is 206 Å². The number of para-hydroxylation sites is 4. The van der Waals surface area contributed by atoms with Gasteiger partial charge in [-0.25, -0.2) is 19.9 Å². The first-order valence-electron chi connectivity index (χ1n) is 43.1. The molecule has 5 aliphatic rings. The Hall–Kier alpha value is -8.88. The summed E-state index contributed by atoms with van der Waals surface area (Å²) in [4.78, 5) is 106. The molecule has 644 valence electrons. The number of likely N-dealkylation sites (N-methyl/N-ethyl adjacent to an activating group) is 4. The maximum absolute atomic E-state index is 13.3. The summed E-state index contributed by atoms with van der Waals surface area (Å²) >= 11 is 6.14. The number of fused-ring (bicyclic) bond motifs is 4. The van der Waals surface area contributed by atoms with Crippen molar-refractivity contribution in [1.82, 2.24) is 59.5 Å². The van der Waals surface area contributed by atoms with Gasteiger partial charge in [-0.2, -0.15) is 0 Å². The van der Waals surface area contributed by atoms with E-state index < -0.39 is 0 Å². The number of anilines is 4. The number of methoxy groups -OCH3 is 2. The van der Waals surface area contributed by atoms with Crippen molar-refractivity contribution in [1.29, 1.82) is 0 Å². The van der Waals surface area contributed by atoms with Crippen LogP contribution in [-0.4, -0.2) is 269 Å². The molecule has 4 aromatic carbocycles. The molecule has 0 radical (unpaired) electrons. The number of rotatable bonds is 33. The maximum atomic E-state index is 13.3. The van der Waals surface area contributed by atoms with E-state index in [0.717, 1.165) is 219 Å². The predicted octanol–water partition coefficient (Wildman–Crippen LogP) is 15.4. The molecule has 8 aromatic heterocycles. The van der Waals surface area contributed by atoms with Crippen molar-refractivity contribution >= 4 is 133 Å². The Balaban J connectivity index is 0.000000132. The number of ketones is 4. The highest BCUT2D eigenvalue weighted by Crippen LogP contribution is 2.37. The molecule has 0 saturated carbocycles. The van der Waals surface area contributed by atoms with E-state index in [0.29, 0.717) is 63.9 Å². The third kappa shape index (κ3) is 24.1. The zero-order chi connectivity index (χ0) is 84.0. The van der Waals surface area contributed by atoms with Crippen LogP contribution in [0, 0.1) is 29.6 Å². The van der Waals surface area contributed by atoms with Gasteiger partial charge in [-0.1, -0.05) is 118 Å². The van der Waals surface area contributed by atoms with E-state index in [-0.39, 0.29) is 40.9 Å². The number of piperazine rings is 4. The minimum atomic E-state index is 0.140. The number of hydrogen-bond acceptors (Lipinski definition) is 24. The van der Waals surface area contributed by atoms with Gasteiger partial charge in [0.1, 0.15) is 0 Å². The minimum Gasteiger partial charge on any atom is -0.385 e. The van der Waals surface area contributed by atoms with E-state index in [1.807, 2.05) is 31.2 Å². The van der Waals surface area contributed by atoms with Gasteiger partial charge in [0.05, 0.1) is 50.9 Å². The topological polar surface area (TPSA) is 246 Å². The summed E-state index contributed by atoms with van der Waals surface area (Å²) in [5, 5.41) is 8.83. The highest BCUT2D eigenvalue weighted by Gasteiger charge is 2.32. The van der Waals surface area contributed by atoms with Crippen molar-refractivity contribution in [2.24, 2.45) is 29.6 Å². The van der Waals surface area contributed by atoms with Crippen LogP contribution in [0.5, 0.6) is 0 Å². The van der Waals surface area contributed by atoms with Crippen LogP contribution in [0.15, 0.2) is 147 Å². The number of carbonyl (C=O) groups is 4. The molecule has 4 atom stereocenters. The van der Waals surface area contributed by atoms with Crippen LogP contribution in [0.4, 0.5) is 20.5 Å². The van der Waals surface area contributed by atoms with Gasteiger partial charge in [-0.3, -0.25) is 19.2 Å². The molecule has 121 heavy (non-hydrogen) atoms. The molecule has 5 fully saturated rings. The number of aromatic amines is 4. The highest BCUT2D eigenvalue weighted by atomic mass is 32.1. The summed E-state index contributed by atoms with van der Waals surface area (Å²) in [5.74, 6) is 2.11. The second-order valence-corrected chi connectivity index (χ2v) is 37.2. The molecule has 4 unspecified atom stereocenters. The number of nitrogens with zero attached hydrogens (tertiary/aromatic N) is 12. The summed E-state index contributed by atoms with van der Waals surface area (Å²) in [7, 11) is 12.0. The van der Waals surface area contributed by atoms with Gasteiger partial charge in [0.25, 0.3) is 0 Å². The van der Waals surface area contributed by atoms with Gasteiger partial charge in [-0.15, -0.1) is 0 Å². The monoisotopic (exact) mass is 1720 g/mol. The first-order chi connectivity index (χ1) is 59.1. The molecule has 4 N–H and O–H groups in total. The van der Waals surface area contributed by atoms with Crippen LogP contribution in [-0.2, 0) is 44.6 Å². The molecular weight excluding hydrogens is 1600 g/mol. The number of carbonyl (C=O) groups excluding carboxylic acids is 4. The number of Topliss-reactive ketones (excluding diaryl/α,β-unsaturated/α-hetero) is 4. The average molecular weight is 1720 g/mol. The lowest BCUT2D eigenvalue weighted by Gasteiger charge is -2.32. The molecule has 0 bridgehead atoms. The quantitative estimate of drug-likeness (QED) is 0.0279. The lowest BCUT2D eigenvalue weighted by Crippen LogP contribution is -2.44. The minimum absolute atomic E-state index is 0.140. The molecule has 0 amide bonds. The molecule has 24 nitrogen and oxygen atoms in total. The first kappa shape index (κ1) is 88.4. The SMILES string of the molecule is CCOCC(CC(=O)c1cnc(N2CCN(C)CC2)s1)Cc1c[nH]c2ccccc12.CN1CCN(c2ncc(C(=O)CC(Cc3c[nH]c4ccccc34)C3CCOCC3)s2)CC1.COCC(CC(=O)c1cnc(N2CCN(C)CC2)s1)Cc1c[nH]c2ccccc12.COCCC(CC(=O)c1cnc(N2CCN(C)CC2)s1)Cc1c[nH]c2ccccc12. The van der Waals surface area contributed by atoms with Crippen LogP contribution < -0.4 is 19.6 Å². The highest BCUT2D eigenvalue weighted by molar-refractivity contribution is 7.18. The molecule has 13 heterocycles. The Morgan fingerprint density at radius 1 is 0.405 bits per heavy atom. The molecule has 28 heteroatoms. The van der Waals surface area contributed by atoms with Crippen LogP contribution >= 0.6 is 45.3 Å². The second-order valence-electron chi connectivity index (χ2n) is 33.2. The number of hydrogen-bond donors (Lipinski definition) is 4. The summed E-state index contributed by atoms with van der Waals surface area (Å²) in [5.41, 5.74) is 9.62. The Morgan fingerprint density at radius 2 is 0.711 bits per heavy atom. The normalized spacial score (nSPS) is 17.1. The molecule has 0 spiro atoms. The van der Waals surface area contributed by atoms with Gasteiger partial charge in [-0.05, 0) is 156 Å². The van der Waals surface area contributed by atoms with Crippen molar-refractivity contribution in [3.63, 3.8) is 0 Å². The molecule has 0 aliphatic carbocycles. The fraction of sp³-hybridized carbons (Fsp3) is 0.484. The standard InChI is InChI=1S/C25H32N4O2S.2C23H30N4O2S.C22H28N4O2S/c1-28-8-10-29(11-9-28)25-27-17-24(32-25)23(30)15-19(18-6-12-31-13-7-18)14-20-16-26-22-5-3-2-4-21(20)22;1-26-8-10-27(11-9-26)23-25-16-22(30-23)21(28)14-17(7-12-29-2)13-18-15-24-20-6-4-3-5-19(18)20;1-3-29-16-17(12-18-14-24-20-7-5-4-6-19(18)20)13-21(28)22-15-25-23(30-22)27-10-8-26(2)9-11-27;1-25-7-9-26(10-8-25)22-24-14-21(29-22)20(27)12-16(15-28-2)11-17-13-23-19-6-4-3-5-18(17)19/h2-5,16-19,26H,6-15H2,1H3;3-6,15-17,24H,7-14H2,1-2H3;4-7,14-15,17,24H,3,8-13,16H2,1-2H3;3-6,13-14,16,23H,7-12,15H2,1-2H3. The number of H-pyrrole nitrogens is 4. The Labute approximate surface area is 727 Å². The van der Waals surface area contributed by atoms with Gasteiger partial charge >= 0.3 is 0 Å². The zero-order valence-electron chi connectivity index (χ0n) is 71.3. The second kappa shape index (κ2) is 43.9. The summed E-state index contributed by atoms with van der Waals surface area (Å²) in [6, 6.07) is 33.3. The van der Waals surface area contributed by atoms with E-state index in [4.69, 9.17) is 18.9 Å². The van der Waals surface area contributed by atoms with Gasteiger partial charge in [0.2, 0.25) is 0 Å². The smallest absolute Gasteiger partial charge is 0.186 e. The third-order valence-corrected chi connectivity index (χ3v) is 28.8. The molecule has 17 rings (SSSR count). The van der Waals surface area contributed by atoms with Crippen LogP contribution in [0.2, 0.25) is 0 Å². The van der Waals surface area contributed by atoms with Gasteiger partial charge in [0, 0.05) is 246 Å². The lowest BCUT2D eigenvalue weighted by atomic mass is 9.79. The van der Waals surface area contributed by atoms with Crippen molar-refractivity contribution in [2.45, 2.75) is 77.6 Å². The Kier molecular flexibility index (Phi) is 32.1. The molecule has 12 aromatic rings. The Bertz CT molecular complexity index is 5080. The first-order valence-corrected chi connectivity index (χ1v) is 46.4. The molecule has 5 aliphatic heterocycles. The van der Waals surface area contributed by atoms with Gasteiger partial charge < -0.3 is 78.1 Å². The average Bonchev–Trinajstić information content (AvgIpc) is 1.70. The number of nitrogens with one attached hydrogen (secondary N) is 4. The predicted molar refractivity (Wildman–Crippen MR) is 493 cm³/mol. The van der Waals surface area contributed by atoms with Crippen LogP contribution in [0.1, 0.15) is 113 Å². The Morgan fingerprint density at radius 3 is 1.04 bits per heavy atom. The molecule has 5 saturated heterocycles. The van der Waals surface area contributed by atoms with E-state index in [1.165, 1.54) is 83.3 Å². The third-order valence-electron chi connectivity index (χ3n) is 24.4. The lowest BCUT2D eigenvalue weighted by molar-refractivity contribution is 0.0439. The van der Waals surface area contributed by atoms with Crippen LogP contribution in [0.3, 0.4) is 0 Å². The van der Waals surface area contributed by atoms with Crippen molar-refractivity contribution < 1.29 is 38.1 Å². The summed E-state index contributed by atoms with van der Waals surface area (Å²) in [6.45, 7) is 22.1. The van der Waals surface area contributed by atoms with E-state index in [9.17, 15) is 19.2 Å². The van der Waals surface area contributed by atoms with E-state index in [1.54, 1.807) is 50.3 Å². The summed E-state index contributed by atoms with van der Waals surface area (Å²) in [6.07, 6.45) is 23.8. The van der Waals surface area contributed by atoms with E-state index >= 15 is 0 Å².